The SMILES string of the molecule is Cc1ncsc1-c1ccc(CNC(=O)[C@@H]2C[C@@H](O)CN2C(=O)[C@@H](NC(=O)C2(F)CC2)C(C)(C)C)c(OC2CC3(CCN(C(=O)OC(C)(C)C)CC3)C2)c1. The second-order valence-corrected chi connectivity index (χ2v) is 18.4. The number of carbonyl (C=O) groups excluding carboxylic acids is 4. The van der Waals surface area contributed by atoms with Gasteiger partial charge in [-0.15, -0.1) is 11.3 Å². The van der Waals surface area contributed by atoms with E-state index in [2.05, 4.69) is 15.6 Å². The lowest BCUT2D eigenvalue weighted by Crippen LogP contribution is -2.59. The number of aromatic nitrogens is 1. The van der Waals surface area contributed by atoms with Crippen LogP contribution in [0.5, 0.6) is 5.75 Å². The van der Waals surface area contributed by atoms with Crippen molar-refractivity contribution in [2.75, 3.05) is 19.6 Å². The maximum absolute atomic E-state index is 14.6. The maximum Gasteiger partial charge on any atom is 0.410 e. The Kier molecular flexibility index (Phi) is 10.6. The van der Waals surface area contributed by atoms with Crippen molar-refractivity contribution in [3.8, 4) is 16.2 Å². The fraction of sp³-hybridized carbons (Fsp3) is 0.667. The van der Waals surface area contributed by atoms with Gasteiger partial charge < -0.3 is 35.0 Å². The van der Waals surface area contributed by atoms with E-state index in [0.717, 1.165) is 47.4 Å². The van der Waals surface area contributed by atoms with Crippen molar-refractivity contribution in [2.24, 2.45) is 10.8 Å². The predicted octanol–water partition coefficient (Wildman–Crippen LogP) is 5.29. The van der Waals surface area contributed by atoms with Crippen LogP contribution in [0.2, 0.25) is 0 Å². The lowest BCUT2D eigenvalue weighted by molar-refractivity contribution is -0.145. The number of carbonyl (C=O) groups is 4. The van der Waals surface area contributed by atoms with E-state index in [1.807, 2.05) is 45.9 Å². The number of hydrogen-bond donors (Lipinski definition) is 3. The molecule has 3 atom stereocenters. The number of nitrogens with zero attached hydrogens (tertiary/aromatic N) is 3. The van der Waals surface area contributed by atoms with Gasteiger partial charge in [0, 0.05) is 38.2 Å². The summed E-state index contributed by atoms with van der Waals surface area (Å²) in [5.41, 5.74) is 1.28. The van der Waals surface area contributed by atoms with Crippen LogP contribution in [0, 0.1) is 17.8 Å². The fourth-order valence-corrected chi connectivity index (χ4v) is 8.42. The van der Waals surface area contributed by atoms with Crippen LogP contribution < -0.4 is 15.4 Å². The molecule has 2 aromatic rings. The maximum atomic E-state index is 14.6. The summed E-state index contributed by atoms with van der Waals surface area (Å²) < 4.78 is 26.8. The van der Waals surface area contributed by atoms with Crippen molar-refractivity contribution in [1.29, 1.82) is 0 Å². The van der Waals surface area contributed by atoms with Gasteiger partial charge in [0.15, 0.2) is 5.67 Å². The Labute approximate surface area is 315 Å². The number of nitrogens with one attached hydrogen (secondary N) is 2. The number of benzene rings is 1. The number of amides is 4. The monoisotopic (exact) mass is 755 g/mol. The number of rotatable bonds is 9. The van der Waals surface area contributed by atoms with Crippen molar-refractivity contribution in [2.45, 2.75) is 136 Å². The molecule has 2 saturated heterocycles. The van der Waals surface area contributed by atoms with Crippen LogP contribution in [0.4, 0.5) is 9.18 Å². The Balaban J connectivity index is 1.12. The largest absolute Gasteiger partial charge is 0.490 e. The zero-order valence-electron chi connectivity index (χ0n) is 31.9. The van der Waals surface area contributed by atoms with Gasteiger partial charge in [-0.1, -0.05) is 32.9 Å². The van der Waals surface area contributed by atoms with Crippen LogP contribution in [0.15, 0.2) is 23.7 Å². The molecule has 1 spiro atoms. The summed E-state index contributed by atoms with van der Waals surface area (Å²) in [4.78, 5) is 61.4. The highest BCUT2D eigenvalue weighted by molar-refractivity contribution is 7.13. The average molecular weight is 756 g/mol. The third-order valence-corrected chi connectivity index (χ3v) is 11.9. The first-order chi connectivity index (χ1) is 24.8. The average Bonchev–Trinajstić information content (AvgIpc) is 3.47. The Bertz CT molecular complexity index is 1710. The summed E-state index contributed by atoms with van der Waals surface area (Å²) in [5.74, 6) is -1.14. The molecule has 1 aromatic heterocycles. The van der Waals surface area contributed by atoms with Gasteiger partial charge in [0.1, 0.15) is 23.4 Å². The van der Waals surface area contributed by atoms with Crippen LogP contribution in [0.1, 0.15) is 97.7 Å². The number of aliphatic hydroxyl groups is 1. The van der Waals surface area contributed by atoms with E-state index < -0.39 is 52.6 Å². The molecule has 1 aromatic carbocycles. The standard InChI is InChI=1S/C39H54FN5O7S/c1-23-30(53-22-42-23)24-8-9-25(29(16-24)51-27-18-38(19-27)12-14-44(15-13-38)35(50)52-37(5,6)7)20-41-32(47)28-17-26(46)21-45(28)33(48)31(36(2,3)4)43-34(49)39(40)10-11-39/h8-9,16,22,26-28,31,46H,10-15,17-21H2,1-7H3,(H,41,47)(H,43,49)/t26-,28+,31-/m1/s1. The molecule has 6 rings (SSSR count). The minimum absolute atomic E-state index is 0.0305. The van der Waals surface area contributed by atoms with Gasteiger partial charge >= 0.3 is 6.09 Å². The number of thiazole rings is 1. The number of alkyl halides is 1. The summed E-state index contributed by atoms with van der Waals surface area (Å²) >= 11 is 1.54. The van der Waals surface area contributed by atoms with Crippen molar-refractivity contribution in [3.63, 3.8) is 0 Å². The third kappa shape index (κ3) is 8.80. The number of likely N-dealkylation sites (tertiary alicyclic amines) is 2. The van der Waals surface area contributed by atoms with Crippen LogP contribution in [0.3, 0.4) is 0 Å². The summed E-state index contributed by atoms with van der Waals surface area (Å²) in [6, 6.07) is 3.84. The topological polar surface area (TPSA) is 150 Å². The number of ether oxygens (including phenoxy) is 2. The summed E-state index contributed by atoms with van der Waals surface area (Å²) in [6.45, 7) is 14.2. The highest BCUT2D eigenvalue weighted by atomic mass is 32.1. The Morgan fingerprint density at radius 1 is 1.08 bits per heavy atom. The van der Waals surface area contributed by atoms with Crippen molar-refractivity contribution in [3.05, 3.63) is 35.0 Å². The number of β-amino-alcohol motifs (C(OH)–C–C–N with tert-alkyl or cyclic N) is 1. The Morgan fingerprint density at radius 2 is 1.75 bits per heavy atom. The number of aliphatic hydroxyl groups excluding tert-OH is 1. The predicted molar refractivity (Wildman–Crippen MR) is 198 cm³/mol. The van der Waals surface area contributed by atoms with E-state index in [-0.39, 0.29) is 50.0 Å². The molecular formula is C39H54FN5O7S. The molecule has 2 aliphatic heterocycles. The van der Waals surface area contributed by atoms with Gasteiger partial charge in [-0.3, -0.25) is 14.4 Å². The van der Waals surface area contributed by atoms with Crippen LogP contribution in [-0.2, 0) is 25.7 Å². The smallest absolute Gasteiger partial charge is 0.410 e. The zero-order valence-corrected chi connectivity index (χ0v) is 32.7. The van der Waals surface area contributed by atoms with E-state index in [0.29, 0.717) is 18.8 Å². The van der Waals surface area contributed by atoms with Gasteiger partial charge in [-0.05, 0) is 88.7 Å². The molecule has 4 amide bonds. The number of hydrogen-bond acceptors (Lipinski definition) is 9. The second kappa shape index (κ2) is 14.5. The van der Waals surface area contributed by atoms with Crippen molar-refractivity contribution in [1.82, 2.24) is 25.4 Å². The molecule has 0 unspecified atom stereocenters. The number of piperidine rings is 1. The molecule has 290 valence electrons. The summed E-state index contributed by atoms with van der Waals surface area (Å²) in [6.07, 6.45) is 2.52. The Morgan fingerprint density at radius 3 is 2.34 bits per heavy atom. The molecule has 3 heterocycles. The van der Waals surface area contributed by atoms with E-state index in [1.165, 1.54) is 4.90 Å². The lowest BCUT2D eigenvalue weighted by atomic mass is 9.61. The molecule has 2 aliphatic carbocycles. The molecule has 14 heteroatoms. The van der Waals surface area contributed by atoms with E-state index >= 15 is 0 Å². The molecule has 0 radical (unpaired) electrons. The van der Waals surface area contributed by atoms with Gasteiger partial charge in [0.2, 0.25) is 11.8 Å². The molecule has 2 saturated carbocycles. The molecule has 0 bridgehead atoms. The van der Waals surface area contributed by atoms with E-state index in [9.17, 15) is 28.7 Å². The highest BCUT2D eigenvalue weighted by Crippen LogP contribution is 2.51. The third-order valence-electron chi connectivity index (χ3n) is 11.0. The normalized spacial score (nSPS) is 22.9. The summed E-state index contributed by atoms with van der Waals surface area (Å²) in [7, 11) is 0. The molecule has 53 heavy (non-hydrogen) atoms. The van der Waals surface area contributed by atoms with Crippen LogP contribution in [0.25, 0.3) is 10.4 Å². The quantitative estimate of drug-likeness (QED) is 0.313. The van der Waals surface area contributed by atoms with E-state index in [4.69, 9.17) is 9.47 Å². The van der Waals surface area contributed by atoms with Crippen molar-refractivity contribution < 1.29 is 38.1 Å². The molecule has 12 nitrogen and oxygen atoms in total. The number of aryl methyl sites for hydroxylation is 1. The highest BCUT2D eigenvalue weighted by Gasteiger charge is 2.53. The van der Waals surface area contributed by atoms with Gasteiger partial charge in [-0.2, -0.15) is 0 Å². The van der Waals surface area contributed by atoms with Gasteiger partial charge in [-0.25, -0.2) is 14.2 Å². The molecule has 4 aliphatic rings. The molecule has 4 fully saturated rings. The first-order valence-electron chi connectivity index (χ1n) is 18.7. The van der Waals surface area contributed by atoms with E-state index in [1.54, 1.807) is 42.5 Å². The van der Waals surface area contributed by atoms with Gasteiger partial charge in [0.25, 0.3) is 5.91 Å². The minimum atomic E-state index is -1.96. The Hall–Kier alpha value is -3.78. The van der Waals surface area contributed by atoms with Crippen LogP contribution in [-0.4, -0.2) is 98.9 Å². The number of halogens is 1. The van der Waals surface area contributed by atoms with Crippen molar-refractivity contribution >= 4 is 35.2 Å². The first kappa shape index (κ1) is 38.9. The molecular weight excluding hydrogens is 702 g/mol. The summed E-state index contributed by atoms with van der Waals surface area (Å²) in [5, 5.41) is 16.2. The molecule has 3 N–H and O–H groups in total. The van der Waals surface area contributed by atoms with Gasteiger partial charge in [0.05, 0.1) is 28.3 Å². The van der Waals surface area contributed by atoms with Crippen LogP contribution >= 0.6 is 11.3 Å². The zero-order chi connectivity index (χ0) is 38.5. The minimum Gasteiger partial charge on any atom is -0.490 e. The lowest BCUT2D eigenvalue weighted by Gasteiger charge is -2.51. The first-order valence-corrected chi connectivity index (χ1v) is 19.6. The second-order valence-electron chi connectivity index (χ2n) is 17.6. The fourth-order valence-electron chi connectivity index (χ4n) is 7.62.